The molecular weight excluding hydrogens is 154 g/mol. The largest absolute Gasteiger partial charge is 0.346 e. The first kappa shape index (κ1) is 9.23. The second kappa shape index (κ2) is 3.25. The molecule has 1 heterocycles. The number of piperidine rings is 1. The third-order valence-corrected chi connectivity index (χ3v) is 2.40. The van der Waals surface area contributed by atoms with E-state index in [-0.39, 0.29) is 29.6 Å². The van der Waals surface area contributed by atoms with E-state index in [1.165, 1.54) is 0 Å². The molecule has 12 heavy (non-hydrogen) atoms. The molecule has 1 rings (SSSR count). The molecule has 0 aromatic carbocycles. The average Bonchev–Trinajstić information content (AvgIpc) is 1.96. The van der Waals surface area contributed by atoms with Crippen molar-refractivity contribution in [1.29, 1.82) is 0 Å². The fourth-order valence-corrected chi connectivity index (χ4v) is 1.43. The van der Waals surface area contributed by atoms with Crippen molar-refractivity contribution in [3.8, 4) is 0 Å². The molecule has 0 spiro atoms. The van der Waals surface area contributed by atoms with Crippen LogP contribution in [0, 0.1) is 11.8 Å². The molecule has 1 saturated heterocycles. The number of amides is 1. The van der Waals surface area contributed by atoms with Crippen LogP contribution >= 0.6 is 0 Å². The molecule has 68 valence electrons. The maximum absolute atomic E-state index is 11.3. The molecule has 0 aliphatic carbocycles. The summed E-state index contributed by atoms with van der Waals surface area (Å²) in [5, 5.41) is 2.67. The van der Waals surface area contributed by atoms with E-state index < -0.39 is 0 Å². The van der Waals surface area contributed by atoms with Crippen LogP contribution in [0.4, 0.5) is 0 Å². The quantitative estimate of drug-likeness (QED) is 0.629. The maximum Gasteiger partial charge on any atom is 0.224 e. The van der Waals surface area contributed by atoms with E-state index in [0.29, 0.717) is 6.42 Å². The summed E-state index contributed by atoms with van der Waals surface area (Å²) < 4.78 is 0. The fraction of sp³-hybridized carbons (Fsp3) is 0.778. The lowest BCUT2D eigenvalue weighted by Crippen LogP contribution is -2.49. The molecule has 3 heteroatoms. The molecule has 1 aliphatic heterocycles. The van der Waals surface area contributed by atoms with Gasteiger partial charge in [0.15, 0.2) is 5.78 Å². The van der Waals surface area contributed by atoms with Crippen molar-refractivity contribution < 1.29 is 9.59 Å². The third kappa shape index (κ3) is 1.65. The number of Topliss-reactive ketones (excluding diaryl/α,β-unsaturated/α-hetero) is 1. The van der Waals surface area contributed by atoms with Gasteiger partial charge in [-0.2, -0.15) is 0 Å². The smallest absolute Gasteiger partial charge is 0.224 e. The summed E-state index contributed by atoms with van der Waals surface area (Å²) in [7, 11) is 0. The van der Waals surface area contributed by atoms with E-state index in [4.69, 9.17) is 0 Å². The minimum atomic E-state index is -0.285. The molecule has 0 aromatic rings. The van der Waals surface area contributed by atoms with Crippen molar-refractivity contribution >= 4 is 11.7 Å². The highest BCUT2D eigenvalue weighted by molar-refractivity contribution is 5.96. The van der Waals surface area contributed by atoms with Crippen LogP contribution in [0.15, 0.2) is 0 Å². The Hall–Kier alpha value is -0.860. The molecular formula is C9H15NO2. The molecule has 0 bridgehead atoms. The summed E-state index contributed by atoms with van der Waals surface area (Å²) in [6.07, 6.45) is 0.407. The number of carbonyl (C=O) groups is 2. The number of rotatable bonds is 1. The topological polar surface area (TPSA) is 46.2 Å². The highest BCUT2D eigenvalue weighted by Crippen LogP contribution is 2.20. The third-order valence-electron chi connectivity index (χ3n) is 2.40. The van der Waals surface area contributed by atoms with Crippen LogP contribution in [0.1, 0.15) is 27.2 Å². The van der Waals surface area contributed by atoms with E-state index in [1.807, 2.05) is 13.8 Å². The van der Waals surface area contributed by atoms with Crippen molar-refractivity contribution in [2.75, 3.05) is 0 Å². The molecule has 0 saturated carbocycles. The summed E-state index contributed by atoms with van der Waals surface area (Å²) in [5.41, 5.74) is 0. The molecule has 0 unspecified atom stereocenters. The Morgan fingerprint density at radius 2 is 2.00 bits per heavy atom. The van der Waals surface area contributed by atoms with Crippen LogP contribution in [0.5, 0.6) is 0 Å². The summed E-state index contributed by atoms with van der Waals surface area (Å²) in [6, 6.07) is -0.285. The van der Waals surface area contributed by atoms with Crippen LogP contribution in [0.25, 0.3) is 0 Å². The summed E-state index contributed by atoms with van der Waals surface area (Å²) in [6.45, 7) is 5.66. The van der Waals surface area contributed by atoms with Crippen molar-refractivity contribution in [2.24, 2.45) is 11.8 Å². The van der Waals surface area contributed by atoms with E-state index in [1.54, 1.807) is 6.92 Å². The zero-order chi connectivity index (χ0) is 9.30. The number of carbonyl (C=O) groups excluding carboxylic acids is 2. The highest BCUT2D eigenvalue weighted by Gasteiger charge is 2.33. The minimum absolute atomic E-state index is 0.0251. The second-order valence-electron chi connectivity index (χ2n) is 3.75. The van der Waals surface area contributed by atoms with Gasteiger partial charge in [-0.25, -0.2) is 0 Å². The van der Waals surface area contributed by atoms with Crippen molar-refractivity contribution in [1.82, 2.24) is 5.32 Å². The average molecular weight is 169 g/mol. The van der Waals surface area contributed by atoms with E-state index in [0.717, 1.165) is 0 Å². The zero-order valence-corrected chi connectivity index (χ0v) is 7.76. The van der Waals surface area contributed by atoms with Gasteiger partial charge in [0.1, 0.15) is 0 Å². The minimum Gasteiger partial charge on any atom is -0.346 e. The standard InChI is InChI=1S/C9H15NO2/c1-5(2)7-4-8(11)6(3)10-9(7)12/h5-7H,4H2,1-3H3,(H,10,12)/t6-,7-/m0/s1. The maximum atomic E-state index is 11.3. The summed E-state index contributed by atoms with van der Waals surface area (Å²) in [5.74, 6) is 0.306. The fourth-order valence-electron chi connectivity index (χ4n) is 1.43. The van der Waals surface area contributed by atoms with Gasteiger partial charge in [-0.1, -0.05) is 13.8 Å². The van der Waals surface area contributed by atoms with Gasteiger partial charge in [-0.3, -0.25) is 9.59 Å². The first-order valence-corrected chi connectivity index (χ1v) is 4.35. The van der Waals surface area contributed by atoms with Gasteiger partial charge in [-0.15, -0.1) is 0 Å². The van der Waals surface area contributed by atoms with Crippen molar-refractivity contribution in [2.45, 2.75) is 33.2 Å². The Labute approximate surface area is 72.5 Å². The predicted molar refractivity (Wildman–Crippen MR) is 45.6 cm³/mol. The Bertz CT molecular complexity index is 211. The molecule has 3 nitrogen and oxygen atoms in total. The van der Waals surface area contributed by atoms with Crippen LogP contribution in [0.3, 0.4) is 0 Å². The Morgan fingerprint density at radius 1 is 1.42 bits per heavy atom. The highest BCUT2D eigenvalue weighted by atomic mass is 16.2. The molecule has 0 aromatic heterocycles. The number of hydrogen-bond acceptors (Lipinski definition) is 2. The normalized spacial score (nSPS) is 30.7. The Balaban J connectivity index is 2.68. The van der Waals surface area contributed by atoms with Crippen molar-refractivity contribution in [3.05, 3.63) is 0 Å². The van der Waals surface area contributed by atoms with Crippen LogP contribution < -0.4 is 5.32 Å². The lowest BCUT2D eigenvalue weighted by molar-refractivity contribution is -0.137. The molecule has 1 aliphatic rings. The van der Waals surface area contributed by atoms with Gasteiger partial charge in [0.25, 0.3) is 0 Å². The van der Waals surface area contributed by atoms with Crippen LogP contribution in [-0.4, -0.2) is 17.7 Å². The van der Waals surface area contributed by atoms with Gasteiger partial charge in [0.2, 0.25) is 5.91 Å². The van der Waals surface area contributed by atoms with Gasteiger partial charge in [-0.05, 0) is 12.8 Å². The number of nitrogens with one attached hydrogen (secondary N) is 1. The first-order valence-electron chi connectivity index (χ1n) is 4.35. The summed E-state index contributed by atoms with van der Waals surface area (Å²) >= 11 is 0. The molecule has 1 fully saturated rings. The molecule has 1 amide bonds. The van der Waals surface area contributed by atoms with Crippen LogP contribution in [-0.2, 0) is 9.59 Å². The number of ketones is 1. The predicted octanol–water partition coefficient (Wildman–Crippen LogP) is 0.736. The van der Waals surface area contributed by atoms with Gasteiger partial charge in [0.05, 0.1) is 6.04 Å². The second-order valence-corrected chi connectivity index (χ2v) is 3.75. The Kier molecular flexibility index (Phi) is 2.50. The lowest BCUT2D eigenvalue weighted by Gasteiger charge is -2.27. The molecule has 2 atom stereocenters. The number of hydrogen-bond donors (Lipinski definition) is 1. The monoisotopic (exact) mass is 169 g/mol. The van der Waals surface area contributed by atoms with E-state index in [9.17, 15) is 9.59 Å². The van der Waals surface area contributed by atoms with Gasteiger partial charge >= 0.3 is 0 Å². The van der Waals surface area contributed by atoms with Crippen molar-refractivity contribution in [3.63, 3.8) is 0 Å². The van der Waals surface area contributed by atoms with E-state index >= 15 is 0 Å². The Morgan fingerprint density at radius 3 is 2.50 bits per heavy atom. The summed E-state index contributed by atoms with van der Waals surface area (Å²) in [4.78, 5) is 22.6. The van der Waals surface area contributed by atoms with Gasteiger partial charge < -0.3 is 5.32 Å². The van der Waals surface area contributed by atoms with Crippen LogP contribution in [0.2, 0.25) is 0 Å². The van der Waals surface area contributed by atoms with E-state index in [2.05, 4.69) is 5.32 Å². The zero-order valence-electron chi connectivity index (χ0n) is 7.76. The SMILES string of the molecule is CC(C)[C@@H]1CC(=O)[C@H](C)NC1=O. The first-order chi connectivity index (χ1) is 5.52. The lowest BCUT2D eigenvalue weighted by atomic mass is 9.85. The van der Waals surface area contributed by atoms with Gasteiger partial charge in [0, 0.05) is 12.3 Å². The molecule has 0 radical (unpaired) electrons. The molecule has 1 N–H and O–H groups in total.